The van der Waals surface area contributed by atoms with Crippen LogP contribution in [0.2, 0.25) is 0 Å². The number of rotatable bonds is 5. The van der Waals surface area contributed by atoms with E-state index in [1.807, 2.05) is 30.5 Å². The Morgan fingerprint density at radius 2 is 2.07 bits per heavy atom. The molecule has 0 saturated heterocycles. The fourth-order valence-electron chi connectivity index (χ4n) is 3.37. The Morgan fingerprint density at radius 3 is 2.89 bits per heavy atom. The van der Waals surface area contributed by atoms with Gasteiger partial charge in [0.1, 0.15) is 15.7 Å². The van der Waals surface area contributed by atoms with Crippen LogP contribution in [0.15, 0.2) is 35.5 Å². The lowest BCUT2D eigenvalue weighted by Crippen LogP contribution is -2.03. The Morgan fingerprint density at radius 1 is 1.26 bits per heavy atom. The summed E-state index contributed by atoms with van der Waals surface area (Å²) in [6.45, 7) is 4.25. The van der Waals surface area contributed by atoms with E-state index in [-0.39, 0.29) is 5.78 Å². The lowest BCUT2D eigenvalue weighted by Gasteiger charge is -2.06. The van der Waals surface area contributed by atoms with Crippen LogP contribution in [-0.2, 0) is 0 Å². The standard InChI is InChI=1S/C21H19N3OS2/c1-11-12(2)27-21-18(11)20(23-19(24-21)13-7-8-13)26-10-17(25)15-9-22-16-6-4-3-5-14(15)16/h3-6,9,13,22H,7-8,10H2,1-2H3. The minimum Gasteiger partial charge on any atom is -0.360 e. The highest BCUT2D eigenvalue weighted by Gasteiger charge is 2.28. The normalized spacial score (nSPS) is 14.3. The summed E-state index contributed by atoms with van der Waals surface area (Å²) in [5.74, 6) is 1.96. The summed E-state index contributed by atoms with van der Waals surface area (Å²) in [6, 6.07) is 7.92. The molecule has 0 spiro atoms. The first-order valence-electron chi connectivity index (χ1n) is 9.11. The van der Waals surface area contributed by atoms with E-state index in [4.69, 9.17) is 9.97 Å². The van der Waals surface area contributed by atoms with E-state index in [1.165, 1.54) is 23.3 Å². The number of aryl methyl sites for hydroxylation is 2. The number of carbonyl (C=O) groups is 1. The number of thiophene rings is 1. The van der Waals surface area contributed by atoms with Crippen molar-refractivity contribution in [2.24, 2.45) is 0 Å². The van der Waals surface area contributed by atoms with Crippen molar-refractivity contribution in [3.63, 3.8) is 0 Å². The van der Waals surface area contributed by atoms with Crippen LogP contribution >= 0.6 is 23.1 Å². The van der Waals surface area contributed by atoms with Crippen LogP contribution in [-0.4, -0.2) is 26.5 Å². The number of aromatic amines is 1. The van der Waals surface area contributed by atoms with Gasteiger partial charge in [-0.15, -0.1) is 11.3 Å². The second kappa shape index (κ2) is 6.46. The Labute approximate surface area is 165 Å². The van der Waals surface area contributed by atoms with Crippen molar-refractivity contribution >= 4 is 50.0 Å². The van der Waals surface area contributed by atoms with Gasteiger partial charge >= 0.3 is 0 Å². The van der Waals surface area contributed by atoms with Crippen molar-refractivity contribution in [1.29, 1.82) is 0 Å². The zero-order valence-electron chi connectivity index (χ0n) is 15.2. The van der Waals surface area contributed by atoms with E-state index in [9.17, 15) is 4.79 Å². The third kappa shape index (κ3) is 2.97. The highest BCUT2D eigenvalue weighted by molar-refractivity contribution is 8.00. The van der Waals surface area contributed by atoms with Gasteiger partial charge in [0.05, 0.1) is 5.75 Å². The Hall–Kier alpha value is -2.18. The average molecular weight is 394 g/mol. The number of hydrogen-bond acceptors (Lipinski definition) is 5. The number of thioether (sulfide) groups is 1. The number of nitrogens with zero attached hydrogens (tertiary/aromatic N) is 2. The highest BCUT2D eigenvalue weighted by atomic mass is 32.2. The van der Waals surface area contributed by atoms with Gasteiger partial charge in [0, 0.05) is 38.8 Å². The van der Waals surface area contributed by atoms with Crippen LogP contribution in [0.1, 0.15) is 45.4 Å². The molecule has 1 fully saturated rings. The molecule has 1 aliphatic carbocycles. The molecule has 6 heteroatoms. The summed E-state index contributed by atoms with van der Waals surface area (Å²) < 4.78 is 0. The van der Waals surface area contributed by atoms with Crippen LogP contribution in [0.25, 0.3) is 21.1 Å². The molecule has 0 bridgehead atoms. The molecular formula is C21H19N3OS2. The Balaban J connectivity index is 1.48. The molecule has 3 heterocycles. The van der Waals surface area contributed by atoms with Crippen LogP contribution in [0.3, 0.4) is 0 Å². The molecule has 4 nitrogen and oxygen atoms in total. The van der Waals surface area contributed by atoms with Gasteiger partial charge in [-0.3, -0.25) is 4.79 Å². The number of hydrogen-bond donors (Lipinski definition) is 1. The van der Waals surface area contributed by atoms with Crippen LogP contribution < -0.4 is 0 Å². The number of para-hydroxylation sites is 1. The third-order valence-electron chi connectivity index (χ3n) is 5.18. The van der Waals surface area contributed by atoms with Crippen molar-refractivity contribution in [1.82, 2.24) is 15.0 Å². The molecule has 0 amide bonds. The smallest absolute Gasteiger partial charge is 0.175 e. The first kappa shape index (κ1) is 17.0. The van der Waals surface area contributed by atoms with Gasteiger partial charge in [-0.2, -0.15) is 0 Å². The molecule has 1 aliphatic rings. The van der Waals surface area contributed by atoms with E-state index < -0.39 is 0 Å². The maximum absolute atomic E-state index is 12.9. The number of aromatic nitrogens is 3. The van der Waals surface area contributed by atoms with Crippen molar-refractivity contribution in [2.45, 2.75) is 37.6 Å². The number of carbonyl (C=O) groups excluding carboxylic acids is 1. The molecule has 4 aromatic rings. The van der Waals surface area contributed by atoms with Gasteiger partial charge in [0.2, 0.25) is 0 Å². The Kier molecular flexibility index (Phi) is 4.06. The second-order valence-corrected chi connectivity index (χ2v) is 9.25. The highest BCUT2D eigenvalue weighted by Crippen LogP contribution is 2.42. The molecule has 0 aliphatic heterocycles. The van der Waals surface area contributed by atoms with Crippen molar-refractivity contribution in [2.75, 3.05) is 5.75 Å². The van der Waals surface area contributed by atoms with Crippen LogP contribution in [0.5, 0.6) is 0 Å². The van der Waals surface area contributed by atoms with E-state index in [1.54, 1.807) is 23.1 Å². The molecule has 3 aromatic heterocycles. The van der Waals surface area contributed by atoms with E-state index >= 15 is 0 Å². The van der Waals surface area contributed by atoms with Gasteiger partial charge in [-0.25, -0.2) is 9.97 Å². The topological polar surface area (TPSA) is 58.6 Å². The predicted molar refractivity (Wildman–Crippen MR) is 112 cm³/mol. The minimum absolute atomic E-state index is 0.127. The maximum Gasteiger partial charge on any atom is 0.175 e. The summed E-state index contributed by atoms with van der Waals surface area (Å²) in [5.41, 5.74) is 2.99. The first-order valence-corrected chi connectivity index (χ1v) is 10.9. The zero-order chi connectivity index (χ0) is 18.5. The number of Topliss-reactive ketones (excluding diaryl/α,β-unsaturated/α-hetero) is 1. The summed E-state index contributed by atoms with van der Waals surface area (Å²) in [5, 5.41) is 3.06. The number of H-pyrrole nitrogens is 1. The van der Waals surface area contributed by atoms with E-state index in [2.05, 4.69) is 18.8 Å². The van der Waals surface area contributed by atoms with Gasteiger partial charge in [-0.05, 0) is 38.3 Å². The molecule has 0 unspecified atom stereocenters. The third-order valence-corrected chi connectivity index (χ3v) is 7.26. The largest absolute Gasteiger partial charge is 0.360 e. The molecule has 1 N–H and O–H groups in total. The van der Waals surface area contributed by atoms with Crippen LogP contribution in [0, 0.1) is 13.8 Å². The molecule has 1 aromatic carbocycles. The lowest BCUT2D eigenvalue weighted by atomic mass is 10.1. The first-order chi connectivity index (χ1) is 13.1. The number of ketones is 1. The van der Waals surface area contributed by atoms with Crippen molar-refractivity contribution in [3.05, 3.63) is 52.3 Å². The molecule has 0 radical (unpaired) electrons. The summed E-state index contributed by atoms with van der Waals surface area (Å²) in [6.07, 6.45) is 4.17. The fourth-order valence-corrected chi connectivity index (χ4v) is 5.45. The fraction of sp³-hybridized carbons (Fsp3) is 0.286. The molecular weight excluding hydrogens is 374 g/mol. The number of nitrogens with one attached hydrogen (secondary N) is 1. The average Bonchev–Trinajstić information content (AvgIpc) is 3.37. The summed E-state index contributed by atoms with van der Waals surface area (Å²) in [7, 11) is 0. The molecule has 136 valence electrons. The molecule has 1 saturated carbocycles. The minimum atomic E-state index is 0.127. The molecule has 0 atom stereocenters. The monoisotopic (exact) mass is 393 g/mol. The summed E-state index contributed by atoms with van der Waals surface area (Å²) in [4.78, 5) is 28.0. The zero-order valence-corrected chi connectivity index (χ0v) is 16.8. The van der Waals surface area contributed by atoms with Gasteiger partial charge in [0.15, 0.2) is 5.78 Å². The number of fused-ring (bicyclic) bond motifs is 2. The van der Waals surface area contributed by atoms with Gasteiger partial charge in [0.25, 0.3) is 0 Å². The van der Waals surface area contributed by atoms with Crippen LogP contribution in [0.4, 0.5) is 0 Å². The van der Waals surface area contributed by atoms with Crippen molar-refractivity contribution < 1.29 is 4.79 Å². The maximum atomic E-state index is 12.9. The molecule has 5 rings (SSSR count). The van der Waals surface area contributed by atoms with Gasteiger partial charge < -0.3 is 4.98 Å². The quantitative estimate of drug-likeness (QED) is 0.271. The van der Waals surface area contributed by atoms with Gasteiger partial charge in [-0.1, -0.05) is 30.0 Å². The van der Waals surface area contributed by atoms with E-state index in [0.29, 0.717) is 11.7 Å². The van der Waals surface area contributed by atoms with Crippen molar-refractivity contribution in [3.8, 4) is 0 Å². The lowest BCUT2D eigenvalue weighted by molar-refractivity contribution is 0.102. The Bertz CT molecular complexity index is 1190. The molecule has 27 heavy (non-hydrogen) atoms. The second-order valence-electron chi connectivity index (χ2n) is 7.08. The summed E-state index contributed by atoms with van der Waals surface area (Å²) >= 11 is 3.28. The SMILES string of the molecule is Cc1sc2nc(C3CC3)nc(SCC(=O)c3c[nH]c4ccccc34)c2c1C. The van der Waals surface area contributed by atoms with E-state index in [0.717, 1.165) is 37.5 Å². The number of benzene rings is 1. The predicted octanol–water partition coefficient (Wildman–Crippen LogP) is 5.64.